The SMILES string of the molecule is CC1CN(C(=O)C(=O)Nc2ccc(Cl)c([N+](=O)[O-])c2)CC(C)O1. The van der Waals surface area contributed by atoms with Gasteiger partial charge in [0.05, 0.1) is 17.1 Å². The van der Waals surface area contributed by atoms with Gasteiger partial charge in [0, 0.05) is 24.8 Å². The number of halogens is 1. The number of carbonyl (C=O) groups excluding carboxylic acids is 2. The second-order valence-corrected chi connectivity index (χ2v) is 5.75. The van der Waals surface area contributed by atoms with Crippen molar-refractivity contribution in [2.24, 2.45) is 0 Å². The molecule has 1 aromatic carbocycles. The molecule has 0 aromatic heterocycles. The highest BCUT2D eigenvalue weighted by atomic mass is 35.5. The Morgan fingerprint density at radius 1 is 1.35 bits per heavy atom. The Labute approximate surface area is 137 Å². The van der Waals surface area contributed by atoms with Crippen LogP contribution >= 0.6 is 11.6 Å². The van der Waals surface area contributed by atoms with E-state index in [0.29, 0.717) is 13.1 Å². The van der Waals surface area contributed by atoms with Crippen LogP contribution in [-0.4, -0.2) is 46.9 Å². The van der Waals surface area contributed by atoms with Crippen molar-refractivity contribution in [1.82, 2.24) is 4.90 Å². The van der Waals surface area contributed by atoms with Gasteiger partial charge in [0.2, 0.25) is 0 Å². The Balaban J connectivity index is 2.08. The predicted molar refractivity (Wildman–Crippen MR) is 83.3 cm³/mol. The number of hydrogen-bond acceptors (Lipinski definition) is 5. The number of amides is 2. The van der Waals surface area contributed by atoms with Gasteiger partial charge < -0.3 is 15.0 Å². The summed E-state index contributed by atoms with van der Waals surface area (Å²) in [5, 5.41) is 13.1. The lowest BCUT2D eigenvalue weighted by molar-refractivity contribution is -0.384. The number of ether oxygens (including phenoxy) is 1. The first kappa shape index (κ1) is 17.2. The summed E-state index contributed by atoms with van der Waals surface area (Å²) in [7, 11) is 0. The second-order valence-electron chi connectivity index (χ2n) is 5.34. The van der Waals surface area contributed by atoms with Gasteiger partial charge in [0.15, 0.2) is 0 Å². The zero-order valence-electron chi connectivity index (χ0n) is 12.6. The molecule has 0 bridgehead atoms. The lowest BCUT2D eigenvalue weighted by Gasteiger charge is -2.34. The van der Waals surface area contributed by atoms with Crippen LogP contribution in [0.25, 0.3) is 0 Å². The van der Waals surface area contributed by atoms with Crippen molar-refractivity contribution in [3.63, 3.8) is 0 Å². The topological polar surface area (TPSA) is 102 Å². The summed E-state index contributed by atoms with van der Waals surface area (Å²) in [6.07, 6.45) is -0.320. The van der Waals surface area contributed by atoms with E-state index in [4.69, 9.17) is 16.3 Å². The number of carbonyl (C=O) groups is 2. The summed E-state index contributed by atoms with van der Waals surface area (Å²) < 4.78 is 5.50. The van der Waals surface area contributed by atoms with E-state index in [0.717, 1.165) is 6.07 Å². The van der Waals surface area contributed by atoms with Crippen LogP contribution in [0.3, 0.4) is 0 Å². The molecule has 1 fully saturated rings. The number of morpholine rings is 1. The molecule has 1 N–H and O–H groups in total. The molecule has 124 valence electrons. The third-order valence-corrected chi connectivity index (χ3v) is 3.62. The number of nitrogens with zero attached hydrogens (tertiary/aromatic N) is 2. The normalized spacial score (nSPS) is 20.9. The quantitative estimate of drug-likeness (QED) is 0.502. The molecule has 1 aliphatic heterocycles. The third-order valence-electron chi connectivity index (χ3n) is 3.30. The van der Waals surface area contributed by atoms with E-state index in [-0.39, 0.29) is 28.6 Å². The van der Waals surface area contributed by atoms with Gasteiger partial charge in [-0.2, -0.15) is 0 Å². The zero-order chi connectivity index (χ0) is 17.1. The van der Waals surface area contributed by atoms with E-state index in [9.17, 15) is 19.7 Å². The summed E-state index contributed by atoms with van der Waals surface area (Å²) in [6, 6.07) is 3.79. The number of hydrogen-bond donors (Lipinski definition) is 1. The molecular weight excluding hydrogens is 326 g/mol. The molecule has 1 aliphatic rings. The van der Waals surface area contributed by atoms with Crippen molar-refractivity contribution >= 4 is 34.8 Å². The largest absolute Gasteiger partial charge is 0.372 e. The third kappa shape index (κ3) is 4.17. The summed E-state index contributed by atoms with van der Waals surface area (Å²) in [5.74, 6) is -1.56. The highest BCUT2D eigenvalue weighted by Crippen LogP contribution is 2.27. The Kier molecular flexibility index (Phi) is 5.17. The molecule has 1 aromatic rings. The molecule has 2 rings (SSSR count). The fraction of sp³-hybridized carbons (Fsp3) is 0.429. The van der Waals surface area contributed by atoms with Crippen LogP contribution in [-0.2, 0) is 14.3 Å². The first-order chi connectivity index (χ1) is 10.8. The molecular formula is C14H16ClN3O5. The predicted octanol–water partition coefficient (Wildman–Crippen LogP) is 1.82. The number of benzene rings is 1. The molecule has 2 atom stereocenters. The van der Waals surface area contributed by atoms with Gasteiger partial charge in [-0.3, -0.25) is 19.7 Å². The van der Waals surface area contributed by atoms with Crippen LogP contribution in [0.5, 0.6) is 0 Å². The minimum absolute atomic E-state index is 0.0462. The van der Waals surface area contributed by atoms with E-state index in [1.165, 1.54) is 17.0 Å². The Morgan fingerprint density at radius 3 is 2.52 bits per heavy atom. The molecule has 0 spiro atoms. The molecule has 0 radical (unpaired) electrons. The second kappa shape index (κ2) is 6.93. The molecule has 8 nitrogen and oxygen atoms in total. The van der Waals surface area contributed by atoms with Crippen molar-refractivity contribution in [1.29, 1.82) is 0 Å². The molecule has 2 unspecified atom stereocenters. The van der Waals surface area contributed by atoms with Crippen LogP contribution in [0.15, 0.2) is 18.2 Å². The first-order valence-electron chi connectivity index (χ1n) is 6.97. The maximum Gasteiger partial charge on any atom is 0.313 e. The van der Waals surface area contributed by atoms with Crippen molar-refractivity contribution in [2.45, 2.75) is 26.1 Å². The van der Waals surface area contributed by atoms with Crippen LogP contribution in [0, 0.1) is 10.1 Å². The molecule has 9 heteroatoms. The Morgan fingerprint density at radius 2 is 1.96 bits per heavy atom. The van der Waals surface area contributed by atoms with Crippen molar-refractivity contribution < 1.29 is 19.2 Å². The molecule has 1 heterocycles. The fourth-order valence-corrected chi connectivity index (χ4v) is 2.59. The number of nitro benzene ring substituents is 1. The van der Waals surface area contributed by atoms with Crippen molar-refractivity contribution in [3.8, 4) is 0 Å². The Hall–Kier alpha value is -2.19. The van der Waals surface area contributed by atoms with Crippen LogP contribution in [0.1, 0.15) is 13.8 Å². The number of rotatable bonds is 2. The van der Waals surface area contributed by atoms with E-state index in [1.54, 1.807) is 0 Å². The minimum Gasteiger partial charge on any atom is -0.372 e. The first-order valence-corrected chi connectivity index (χ1v) is 7.35. The van der Waals surface area contributed by atoms with Crippen LogP contribution in [0.4, 0.5) is 11.4 Å². The fourth-order valence-electron chi connectivity index (χ4n) is 2.40. The number of anilines is 1. The number of nitrogens with one attached hydrogen (secondary N) is 1. The maximum absolute atomic E-state index is 12.2. The molecule has 23 heavy (non-hydrogen) atoms. The summed E-state index contributed by atoms with van der Waals surface area (Å²) >= 11 is 5.70. The lowest BCUT2D eigenvalue weighted by Crippen LogP contribution is -2.51. The van der Waals surface area contributed by atoms with Gasteiger partial charge >= 0.3 is 11.8 Å². The minimum atomic E-state index is -0.858. The summed E-state index contributed by atoms with van der Waals surface area (Å²) in [4.78, 5) is 35.8. The monoisotopic (exact) mass is 341 g/mol. The van der Waals surface area contributed by atoms with E-state index in [2.05, 4.69) is 5.32 Å². The van der Waals surface area contributed by atoms with Crippen molar-refractivity contribution in [2.75, 3.05) is 18.4 Å². The molecule has 2 amide bonds. The van der Waals surface area contributed by atoms with Gasteiger partial charge in [-0.25, -0.2) is 0 Å². The highest BCUT2D eigenvalue weighted by Gasteiger charge is 2.30. The lowest BCUT2D eigenvalue weighted by atomic mass is 10.2. The van der Waals surface area contributed by atoms with Gasteiger partial charge in [-0.05, 0) is 26.0 Å². The standard InChI is InChI=1S/C14H16ClN3O5/c1-8-6-17(7-9(2)23-8)14(20)13(19)16-10-3-4-11(15)12(5-10)18(21)22/h3-5,8-9H,6-7H2,1-2H3,(H,16,19). The Bertz CT molecular complexity index is 641. The van der Waals surface area contributed by atoms with Crippen LogP contribution in [0.2, 0.25) is 5.02 Å². The highest BCUT2D eigenvalue weighted by molar-refractivity contribution is 6.39. The van der Waals surface area contributed by atoms with Gasteiger partial charge in [-0.1, -0.05) is 11.6 Å². The molecule has 0 saturated carbocycles. The van der Waals surface area contributed by atoms with E-state index >= 15 is 0 Å². The smallest absolute Gasteiger partial charge is 0.313 e. The van der Waals surface area contributed by atoms with Gasteiger partial charge in [0.25, 0.3) is 5.69 Å². The average molecular weight is 342 g/mol. The number of nitro groups is 1. The van der Waals surface area contributed by atoms with E-state index in [1.807, 2.05) is 13.8 Å². The van der Waals surface area contributed by atoms with Gasteiger partial charge in [0.1, 0.15) is 5.02 Å². The maximum atomic E-state index is 12.2. The molecule has 0 aliphatic carbocycles. The average Bonchev–Trinajstić information content (AvgIpc) is 2.47. The molecule has 1 saturated heterocycles. The van der Waals surface area contributed by atoms with E-state index < -0.39 is 16.7 Å². The van der Waals surface area contributed by atoms with Crippen LogP contribution < -0.4 is 5.32 Å². The van der Waals surface area contributed by atoms with Crippen molar-refractivity contribution in [3.05, 3.63) is 33.3 Å². The summed E-state index contributed by atoms with van der Waals surface area (Å²) in [5.41, 5.74) is -0.209. The summed E-state index contributed by atoms with van der Waals surface area (Å²) in [6.45, 7) is 4.27. The zero-order valence-corrected chi connectivity index (χ0v) is 13.4. The van der Waals surface area contributed by atoms with Gasteiger partial charge in [-0.15, -0.1) is 0 Å².